The first-order valence-electron chi connectivity index (χ1n) is 5.36. The molecule has 1 unspecified atom stereocenters. The van der Waals surface area contributed by atoms with Crippen molar-refractivity contribution in [3.63, 3.8) is 0 Å². The van der Waals surface area contributed by atoms with E-state index in [9.17, 15) is 0 Å². The maximum Gasteiger partial charge on any atom is -0.00320 e. The molecule has 1 rings (SSSR count). The number of hydrogen-bond donors (Lipinski definition) is 1. The standard InChI is InChI=1S/C14H18NP/c1-2-3-4-8-12-16(13-11-15)14-9-6-5-7-10-14/h2-10,12H,1,11,13,15H2/b4-3-,12-8+. The van der Waals surface area contributed by atoms with Gasteiger partial charge in [0.15, 0.2) is 0 Å². The van der Waals surface area contributed by atoms with Crippen molar-refractivity contribution < 1.29 is 0 Å². The smallest absolute Gasteiger partial charge is 0.00320 e. The van der Waals surface area contributed by atoms with Crippen LogP contribution in [0.25, 0.3) is 0 Å². The molecule has 0 aliphatic carbocycles. The van der Waals surface area contributed by atoms with Crippen LogP contribution in [-0.2, 0) is 0 Å². The molecule has 1 nitrogen and oxygen atoms in total. The van der Waals surface area contributed by atoms with Crippen molar-refractivity contribution >= 4 is 13.2 Å². The summed E-state index contributed by atoms with van der Waals surface area (Å²) in [5.74, 6) is 2.25. The van der Waals surface area contributed by atoms with Gasteiger partial charge in [-0.1, -0.05) is 75.0 Å². The molecule has 1 atom stereocenters. The highest BCUT2D eigenvalue weighted by Gasteiger charge is 2.04. The molecular formula is C14H18NP. The summed E-state index contributed by atoms with van der Waals surface area (Å²) in [6.07, 6.45) is 8.82. The van der Waals surface area contributed by atoms with Gasteiger partial charge in [-0.25, -0.2) is 0 Å². The van der Waals surface area contributed by atoms with E-state index >= 15 is 0 Å². The molecule has 0 spiro atoms. The summed E-state index contributed by atoms with van der Waals surface area (Å²) in [4.78, 5) is 0. The zero-order valence-electron chi connectivity index (χ0n) is 9.42. The SMILES string of the molecule is C=C/C=C\C=C\P(CCN)c1ccccc1. The van der Waals surface area contributed by atoms with E-state index in [1.807, 2.05) is 18.2 Å². The summed E-state index contributed by atoms with van der Waals surface area (Å²) in [6.45, 7) is 4.37. The van der Waals surface area contributed by atoms with Gasteiger partial charge in [-0.2, -0.15) is 0 Å². The van der Waals surface area contributed by atoms with Crippen LogP contribution in [0, 0.1) is 0 Å². The molecule has 0 bridgehead atoms. The van der Waals surface area contributed by atoms with E-state index in [1.54, 1.807) is 6.08 Å². The molecular weight excluding hydrogens is 213 g/mol. The van der Waals surface area contributed by atoms with Gasteiger partial charge in [0.2, 0.25) is 0 Å². The molecule has 0 aromatic heterocycles. The maximum absolute atomic E-state index is 5.65. The molecule has 0 saturated heterocycles. The molecule has 0 heterocycles. The molecule has 1 aromatic rings. The first-order chi connectivity index (χ1) is 7.88. The van der Waals surface area contributed by atoms with Gasteiger partial charge in [0.05, 0.1) is 0 Å². The summed E-state index contributed by atoms with van der Waals surface area (Å²) in [6, 6.07) is 10.5. The lowest BCUT2D eigenvalue weighted by atomic mass is 10.4. The van der Waals surface area contributed by atoms with E-state index < -0.39 is 0 Å². The molecule has 0 radical (unpaired) electrons. The minimum absolute atomic E-state index is 0.264. The molecule has 2 N–H and O–H groups in total. The van der Waals surface area contributed by atoms with Crippen LogP contribution in [0.5, 0.6) is 0 Å². The average Bonchev–Trinajstić information content (AvgIpc) is 2.34. The highest BCUT2D eigenvalue weighted by molar-refractivity contribution is 7.68. The van der Waals surface area contributed by atoms with Gasteiger partial charge in [-0.15, -0.1) is 0 Å². The van der Waals surface area contributed by atoms with Crippen LogP contribution in [-0.4, -0.2) is 12.7 Å². The zero-order valence-corrected chi connectivity index (χ0v) is 10.3. The van der Waals surface area contributed by atoms with Gasteiger partial charge in [0, 0.05) is 0 Å². The zero-order chi connectivity index (χ0) is 11.6. The predicted octanol–water partition coefficient (Wildman–Crippen LogP) is 3.01. The second kappa shape index (κ2) is 8.04. The third-order valence-electron chi connectivity index (χ3n) is 2.08. The molecule has 2 heteroatoms. The van der Waals surface area contributed by atoms with Gasteiger partial charge in [0.1, 0.15) is 0 Å². The van der Waals surface area contributed by atoms with Crippen molar-refractivity contribution in [3.05, 3.63) is 67.0 Å². The second-order valence-electron chi connectivity index (χ2n) is 3.28. The number of nitrogens with two attached hydrogens (primary N) is 1. The Morgan fingerprint density at radius 3 is 2.50 bits per heavy atom. The van der Waals surface area contributed by atoms with Crippen molar-refractivity contribution in [2.24, 2.45) is 5.73 Å². The number of benzene rings is 1. The van der Waals surface area contributed by atoms with E-state index in [4.69, 9.17) is 5.73 Å². The number of allylic oxidation sites excluding steroid dienone is 4. The monoisotopic (exact) mass is 231 g/mol. The Morgan fingerprint density at radius 2 is 1.88 bits per heavy atom. The largest absolute Gasteiger partial charge is 0.330 e. The van der Waals surface area contributed by atoms with Crippen molar-refractivity contribution in [1.29, 1.82) is 0 Å². The van der Waals surface area contributed by atoms with Crippen molar-refractivity contribution in [2.45, 2.75) is 0 Å². The van der Waals surface area contributed by atoms with Gasteiger partial charge < -0.3 is 5.73 Å². The third kappa shape index (κ3) is 4.57. The minimum atomic E-state index is -0.264. The van der Waals surface area contributed by atoms with E-state index in [0.717, 1.165) is 12.7 Å². The molecule has 0 fully saturated rings. The Labute approximate surface area is 99.1 Å². The molecule has 1 aromatic carbocycles. The maximum atomic E-state index is 5.65. The first kappa shape index (κ1) is 12.9. The average molecular weight is 231 g/mol. The Balaban J connectivity index is 2.71. The summed E-state index contributed by atoms with van der Waals surface area (Å²) < 4.78 is 0. The molecule has 0 amide bonds. The highest BCUT2D eigenvalue weighted by Crippen LogP contribution is 2.34. The van der Waals surface area contributed by atoms with Gasteiger partial charge in [0.25, 0.3) is 0 Å². The molecule has 0 saturated carbocycles. The van der Waals surface area contributed by atoms with E-state index in [-0.39, 0.29) is 7.92 Å². The minimum Gasteiger partial charge on any atom is -0.330 e. The lowest BCUT2D eigenvalue weighted by Gasteiger charge is -2.11. The topological polar surface area (TPSA) is 26.0 Å². The van der Waals surface area contributed by atoms with Crippen LogP contribution in [0.15, 0.2) is 67.0 Å². The first-order valence-corrected chi connectivity index (χ1v) is 6.95. The van der Waals surface area contributed by atoms with Crippen LogP contribution < -0.4 is 11.0 Å². The van der Waals surface area contributed by atoms with Crippen LogP contribution in [0.1, 0.15) is 0 Å². The second-order valence-corrected chi connectivity index (χ2v) is 5.48. The van der Waals surface area contributed by atoms with Crippen LogP contribution in [0.2, 0.25) is 0 Å². The molecule has 84 valence electrons. The van der Waals surface area contributed by atoms with Crippen molar-refractivity contribution in [2.75, 3.05) is 12.7 Å². The normalized spacial score (nSPS) is 13.3. The Kier molecular flexibility index (Phi) is 6.48. The lowest BCUT2D eigenvalue weighted by molar-refractivity contribution is 1.15. The Morgan fingerprint density at radius 1 is 1.12 bits per heavy atom. The van der Waals surface area contributed by atoms with Gasteiger partial charge >= 0.3 is 0 Å². The predicted molar refractivity (Wildman–Crippen MR) is 75.4 cm³/mol. The van der Waals surface area contributed by atoms with Crippen LogP contribution in [0.4, 0.5) is 0 Å². The highest BCUT2D eigenvalue weighted by atomic mass is 31.1. The molecule has 16 heavy (non-hydrogen) atoms. The summed E-state index contributed by atoms with van der Waals surface area (Å²) >= 11 is 0. The van der Waals surface area contributed by atoms with Crippen molar-refractivity contribution in [1.82, 2.24) is 0 Å². The molecule has 0 aliphatic heterocycles. The Bertz CT molecular complexity index is 354. The lowest BCUT2D eigenvalue weighted by Crippen LogP contribution is -2.09. The molecule has 0 aliphatic rings. The fourth-order valence-electron chi connectivity index (χ4n) is 1.34. The van der Waals surface area contributed by atoms with Gasteiger partial charge in [-0.3, -0.25) is 0 Å². The fraction of sp³-hybridized carbons (Fsp3) is 0.143. The van der Waals surface area contributed by atoms with Gasteiger partial charge in [-0.05, 0) is 18.0 Å². The summed E-state index contributed by atoms with van der Waals surface area (Å²) in [5, 5.41) is 1.38. The van der Waals surface area contributed by atoms with Crippen LogP contribution >= 0.6 is 7.92 Å². The van der Waals surface area contributed by atoms with Crippen LogP contribution in [0.3, 0.4) is 0 Å². The number of rotatable bonds is 6. The summed E-state index contributed by atoms with van der Waals surface area (Å²) in [7, 11) is -0.264. The van der Waals surface area contributed by atoms with E-state index in [2.05, 4.69) is 42.7 Å². The quantitative estimate of drug-likeness (QED) is 0.591. The van der Waals surface area contributed by atoms with E-state index in [1.165, 1.54) is 5.30 Å². The number of hydrogen-bond acceptors (Lipinski definition) is 1. The van der Waals surface area contributed by atoms with Crippen molar-refractivity contribution in [3.8, 4) is 0 Å². The summed E-state index contributed by atoms with van der Waals surface area (Å²) in [5.41, 5.74) is 5.65. The Hall–Kier alpha value is -1.17. The fourth-order valence-corrected chi connectivity index (χ4v) is 3.06. The third-order valence-corrected chi connectivity index (χ3v) is 4.32. The van der Waals surface area contributed by atoms with E-state index in [0.29, 0.717) is 0 Å².